The molecule has 1 aliphatic rings. The van der Waals surface area contributed by atoms with Crippen LogP contribution in [0.15, 0.2) is 18.2 Å². The molecule has 2 rings (SSSR count). The first kappa shape index (κ1) is 16.8. The van der Waals surface area contributed by atoms with Crippen LogP contribution in [-0.4, -0.2) is 12.4 Å². The van der Waals surface area contributed by atoms with Crippen LogP contribution >= 0.6 is 0 Å². The largest absolute Gasteiger partial charge is 0.493 e. The fourth-order valence-electron chi connectivity index (χ4n) is 3.20. The Morgan fingerprint density at radius 3 is 2.41 bits per heavy atom. The normalized spacial score (nSPS) is 16.8. The number of carbonyl (C=O) groups is 1. The van der Waals surface area contributed by atoms with Gasteiger partial charge in [0.1, 0.15) is 5.75 Å². The van der Waals surface area contributed by atoms with Crippen molar-refractivity contribution in [2.24, 2.45) is 5.41 Å². The SMILES string of the molecule is CCOc1cc2c(cc1C(C)=O)C(C(C)(C)C)=CCC2(C)C. The zero-order valence-corrected chi connectivity index (χ0v) is 15.0. The number of carbonyl (C=O) groups excluding carboxylic acids is 1. The van der Waals surface area contributed by atoms with Gasteiger partial charge in [0.2, 0.25) is 0 Å². The lowest BCUT2D eigenvalue weighted by Gasteiger charge is -2.37. The minimum Gasteiger partial charge on any atom is -0.493 e. The Morgan fingerprint density at radius 2 is 1.91 bits per heavy atom. The van der Waals surface area contributed by atoms with E-state index in [0.29, 0.717) is 12.2 Å². The predicted molar refractivity (Wildman–Crippen MR) is 92.7 cm³/mol. The third kappa shape index (κ3) is 2.97. The standard InChI is InChI=1S/C20H28O2/c1-8-22-18-12-17-15(11-14(18)13(2)21)16(19(3,4)5)9-10-20(17,6)7/h9,11-12H,8,10H2,1-7H3. The van der Waals surface area contributed by atoms with Crippen molar-refractivity contribution in [3.63, 3.8) is 0 Å². The summed E-state index contributed by atoms with van der Waals surface area (Å²) in [4.78, 5) is 12.0. The first-order valence-corrected chi connectivity index (χ1v) is 8.11. The lowest BCUT2D eigenvalue weighted by Crippen LogP contribution is -2.25. The summed E-state index contributed by atoms with van der Waals surface area (Å²) in [6.07, 6.45) is 3.35. The zero-order chi connectivity index (χ0) is 16.7. The van der Waals surface area contributed by atoms with E-state index in [1.807, 2.05) is 13.0 Å². The van der Waals surface area contributed by atoms with Gasteiger partial charge >= 0.3 is 0 Å². The number of Topliss-reactive ketones (excluding diaryl/α,β-unsaturated/α-hetero) is 1. The number of rotatable bonds is 3. The Morgan fingerprint density at radius 1 is 1.27 bits per heavy atom. The summed E-state index contributed by atoms with van der Waals surface area (Å²) < 4.78 is 5.74. The number of hydrogen-bond donors (Lipinski definition) is 0. The Bertz CT molecular complexity index is 628. The van der Waals surface area contributed by atoms with Crippen LogP contribution in [0.4, 0.5) is 0 Å². The molecule has 0 spiro atoms. The van der Waals surface area contributed by atoms with E-state index in [0.717, 1.165) is 12.2 Å². The number of fused-ring (bicyclic) bond motifs is 1. The van der Waals surface area contributed by atoms with Crippen molar-refractivity contribution in [2.45, 2.75) is 60.3 Å². The molecule has 0 saturated carbocycles. The zero-order valence-electron chi connectivity index (χ0n) is 15.0. The van der Waals surface area contributed by atoms with Gasteiger partial charge in [-0.1, -0.05) is 40.7 Å². The predicted octanol–water partition coefficient (Wildman–Crippen LogP) is 5.40. The maximum Gasteiger partial charge on any atom is 0.163 e. The fraction of sp³-hybridized carbons (Fsp3) is 0.550. The Balaban J connectivity index is 2.74. The molecule has 22 heavy (non-hydrogen) atoms. The molecule has 1 aliphatic carbocycles. The average molecular weight is 300 g/mol. The molecule has 2 nitrogen and oxygen atoms in total. The molecule has 0 aromatic heterocycles. The summed E-state index contributed by atoms with van der Waals surface area (Å²) in [5.41, 5.74) is 4.63. The van der Waals surface area contributed by atoms with Crippen LogP contribution in [0.5, 0.6) is 5.75 Å². The van der Waals surface area contributed by atoms with Crippen LogP contribution in [-0.2, 0) is 5.41 Å². The van der Waals surface area contributed by atoms with Crippen LogP contribution in [0, 0.1) is 5.41 Å². The lowest BCUT2D eigenvalue weighted by atomic mass is 9.68. The van der Waals surface area contributed by atoms with Crippen LogP contribution in [0.3, 0.4) is 0 Å². The summed E-state index contributed by atoms with van der Waals surface area (Å²) in [7, 11) is 0. The maximum atomic E-state index is 12.0. The van der Waals surface area contributed by atoms with Crippen molar-refractivity contribution in [1.29, 1.82) is 0 Å². The molecule has 0 fully saturated rings. The number of ketones is 1. The second kappa shape index (κ2) is 5.57. The summed E-state index contributed by atoms with van der Waals surface area (Å²) in [6.45, 7) is 15.3. The van der Waals surface area contributed by atoms with Crippen molar-refractivity contribution in [2.75, 3.05) is 6.61 Å². The molecule has 0 N–H and O–H groups in total. The molecule has 0 bridgehead atoms. The topological polar surface area (TPSA) is 26.3 Å². The molecule has 120 valence electrons. The van der Waals surface area contributed by atoms with Crippen LogP contribution in [0.25, 0.3) is 5.57 Å². The highest BCUT2D eigenvalue weighted by atomic mass is 16.5. The first-order chi connectivity index (χ1) is 10.1. The first-order valence-electron chi connectivity index (χ1n) is 8.11. The van der Waals surface area contributed by atoms with E-state index in [1.165, 1.54) is 16.7 Å². The molecule has 0 unspecified atom stereocenters. The second-order valence-corrected chi connectivity index (χ2v) is 7.84. The van der Waals surface area contributed by atoms with Gasteiger partial charge in [-0.15, -0.1) is 0 Å². The number of ether oxygens (including phenoxy) is 1. The lowest BCUT2D eigenvalue weighted by molar-refractivity contribution is 0.101. The minimum absolute atomic E-state index is 0.0582. The third-order valence-corrected chi connectivity index (χ3v) is 4.44. The Kier molecular flexibility index (Phi) is 4.25. The third-order valence-electron chi connectivity index (χ3n) is 4.44. The fourth-order valence-corrected chi connectivity index (χ4v) is 3.20. The van der Waals surface area contributed by atoms with Crippen molar-refractivity contribution in [1.82, 2.24) is 0 Å². The van der Waals surface area contributed by atoms with E-state index >= 15 is 0 Å². The van der Waals surface area contributed by atoms with Crippen molar-refractivity contribution in [3.8, 4) is 5.75 Å². The van der Waals surface area contributed by atoms with E-state index in [9.17, 15) is 4.79 Å². The maximum absolute atomic E-state index is 12.0. The van der Waals surface area contributed by atoms with Gasteiger partial charge in [-0.2, -0.15) is 0 Å². The molecular weight excluding hydrogens is 272 g/mol. The molecule has 0 saturated heterocycles. The highest BCUT2D eigenvalue weighted by Gasteiger charge is 2.33. The second-order valence-electron chi connectivity index (χ2n) is 7.84. The quantitative estimate of drug-likeness (QED) is 0.699. The summed E-state index contributed by atoms with van der Waals surface area (Å²) in [6, 6.07) is 4.13. The Hall–Kier alpha value is -1.57. The van der Waals surface area contributed by atoms with Gasteiger partial charge in [0.25, 0.3) is 0 Å². The molecule has 1 aromatic rings. The van der Waals surface area contributed by atoms with E-state index in [2.05, 4.69) is 46.8 Å². The highest BCUT2D eigenvalue weighted by molar-refractivity contribution is 5.98. The van der Waals surface area contributed by atoms with Gasteiger partial charge in [-0.25, -0.2) is 0 Å². The summed E-state index contributed by atoms with van der Waals surface area (Å²) in [5.74, 6) is 0.778. The van der Waals surface area contributed by atoms with Gasteiger partial charge in [-0.3, -0.25) is 4.79 Å². The van der Waals surface area contributed by atoms with Gasteiger partial charge in [0.05, 0.1) is 12.2 Å². The van der Waals surface area contributed by atoms with Gasteiger partial charge < -0.3 is 4.74 Å². The van der Waals surface area contributed by atoms with E-state index in [1.54, 1.807) is 6.92 Å². The molecule has 0 aliphatic heterocycles. The van der Waals surface area contributed by atoms with Crippen molar-refractivity contribution >= 4 is 11.4 Å². The highest BCUT2D eigenvalue weighted by Crippen LogP contribution is 2.47. The number of benzene rings is 1. The number of allylic oxidation sites excluding steroid dienone is 2. The summed E-state index contributed by atoms with van der Waals surface area (Å²) in [5, 5.41) is 0. The van der Waals surface area contributed by atoms with E-state index < -0.39 is 0 Å². The summed E-state index contributed by atoms with van der Waals surface area (Å²) >= 11 is 0. The Labute approximate surface area is 134 Å². The van der Waals surface area contributed by atoms with Crippen LogP contribution < -0.4 is 4.74 Å². The van der Waals surface area contributed by atoms with Crippen LogP contribution in [0.1, 0.15) is 76.4 Å². The van der Waals surface area contributed by atoms with E-state index in [4.69, 9.17) is 4.74 Å². The molecule has 0 atom stereocenters. The molecule has 1 aromatic carbocycles. The van der Waals surface area contributed by atoms with Gasteiger partial charge in [-0.05, 0) is 59.9 Å². The molecule has 2 heteroatoms. The van der Waals surface area contributed by atoms with Crippen LogP contribution in [0.2, 0.25) is 0 Å². The molecule has 0 amide bonds. The van der Waals surface area contributed by atoms with E-state index in [-0.39, 0.29) is 16.6 Å². The number of hydrogen-bond acceptors (Lipinski definition) is 2. The van der Waals surface area contributed by atoms with Crippen molar-refractivity contribution < 1.29 is 9.53 Å². The molecule has 0 radical (unpaired) electrons. The molecule has 0 heterocycles. The van der Waals surface area contributed by atoms with Gasteiger partial charge in [0.15, 0.2) is 5.78 Å². The smallest absolute Gasteiger partial charge is 0.163 e. The monoisotopic (exact) mass is 300 g/mol. The minimum atomic E-state index is 0.0582. The molecular formula is C20H28O2. The average Bonchev–Trinajstić information content (AvgIpc) is 2.37. The van der Waals surface area contributed by atoms with Gasteiger partial charge in [0, 0.05) is 0 Å². The van der Waals surface area contributed by atoms with Crippen molar-refractivity contribution in [3.05, 3.63) is 34.9 Å².